The summed E-state index contributed by atoms with van der Waals surface area (Å²) in [5.41, 5.74) is 3.66. The zero-order valence-electron chi connectivity index (χ0n) is 12.6. The number of carbonyl (C=O) groups is 2. The molecule has 1 aromatic rings. The van der Waals surface area contributed by atoms with Crippen molar-refractivity contribution in [1.29, 1.82) is 0 Å². The van der Waals surface area contributed by atoms with Crippen LogP contribution in [0.25, 0.3) is 0 Å². The van der Waals surface area contributed by atoms with Gasteiger partial charge >= 0.3 is 11.9 Å². The number of carboxylic acid groups (broad SMARTS) is 1. The third-order valence-electron chi connectivity index (χ3n) is 4.02. The van der Waals surface area contributed by atoms with E-state index in [1.165, 1.54) is 7.11 Å². The molecule has 1 heterocycles. The van der Waals surface area contributed by atoms with Crippen LogP contribution in [0.15, 0.2) is 0 Å². The molecular formula is C15H18O6. The van der Waals surface area contributed by atoms with Gasteiger partial charge in [-0.1, -0.05) is 0 Å². The second-order valence-corrected chi connectivity index (χ2v) is 5.10. The quantitative estimate of drug-likeness (QED) is 0.836. The van der Waals surface area contributed by atoms with Gasteiger partial charge in [-0.25, -0.2) is 9.59 Å². The number of hydrogen-bond donors (Lipinski definition) is 1. The highest BCUT2D eigenvalue weighted by atomic mass is 16.6. The second-order valence-electron chi connectivity index (χ2n) is 5.10. The van der Waals surface area contributed by atoms with Gasteiger partial charge in [-0.3, -0.25) is 0 Å². The zero-order valence-corrected chi connectivity index (χ0v) is 12.6. The average molecular weight is 294 g/mol. The van der Waals surface area contributed by atoms with Crippen molar-refractivity contribution in [3.05, 3.63) is 22.3 Å². The molecule has 114 valence electrons. The number of fused-ring (bicyclic) bond motifs is 1. The summed E-state index contributed by atoms with van der Waals surface area (Å²) >= 11 is 0. The van der Waals surface area contributed by atoms with Gasteiger partial charge in [0.15, 0.2) is 11.5 Å². The van der Waals surface area contributed by atoms with Gasteiger partial charge < -0.3 is 19.3 Å². The number of esters is 1. The van der Waals surface area contributed by atoms with Crippen LogP contribution in [0, 0.1) is 27.7 Å². The smallest absolute Gasteiger partial charge is 0.351 e. The monoisotopic (exact) mass is 294 g/mol. The van der Waals surface area contributed by atoms with E-state index in [1.807, 2.05) is 27.7 Å². The third-order valence-corrected chi connectivity index (χ3v) is 4.02. The van der Waals surface area contributed by atoms with E-state index in [0.717, 1.165) is 22.3 Å². The fraction of sp³-hybridized carbons (Fsp3) is 0.467. The number of methoxy groups -OCH3 is 1. The Morgan fingerprint density at radius 2 is 1.33 bits per heavy atom. The molecule has 0 aliphatic carbocycles. The number of benzene rings is 1. The maximum Gasteiger partial charge on any atom is 0.351 e. The molecule has 0 saturated carbocycles. The lowest BCUT2D eigenvalue weighted by Crippen LogP contribution is -2.50. The van der Waals surface area contributed by atoms with E-state index in [1.54, 1.807) is 0 Å². The molecule has 0 saturated heterocycles. The molecule has 21 heavy (non-hydrogen) atoms. The number of carbonyl (C=O) groups excluding carboxylic acids is 1. The number of hydrogen-bond acceptors (Lipinski definition) is 5. The van der Waals surface area contributed by atoms with Gasteiger partial charge in [0.2, 0.25) is 12.2 Å². The van der Waals surface area contributed by atoms with E-state index in [-0.39, 0.29) is 0 Å². The van der Waals surface area contributed by atoms with Crippen LogP contribution in [0.3, 0.4) is 0 Å². The molecule has 2 unspecified atom stereocenters. The van der Waals surface area contributed by atoms with E-state index in [2.05, 4.69) is 4.74 Å². The topological polar surface area (TPSA) is 82.1 Å². The minimum absolute atomic E-state index is 0.378. The van der Waals surface area contributed by atoms with Crippen LogP contribution < -0.4 is 9.47 Å². The number of ether oxygens (including phenoxy) is 3. The summed E-state index contributed by atoms with van der Waals surface area (Å²) in [5.74, 6) is -1.26. The molecule has 2 atom stereocenters. The first kappa shape index (κ1) is 15.2. The van der Waals surface area contributed by atoms with Gasteiger partial charge in [-0.15, -0.1) is 0 Å². The van der Waals surface area contributed by atoms with Crippen molar-refractivity contribution in [2.75, 3.05) is 7.11 Å². The molecule has 0 aromatic heterocycles. The molecule has 0 amide bonds. The van der Waals surface area contributed by atoms with Gasteiger partial charge in [0, 0.05) is 0 Å². The zero-order chi connectivity index (χ0) is 15.9. The predicted molar refractivity (Wildman–Crippen MR) is 73.9 cm³/mol. The fourth-order valence-electron chi connectivity index (χ4n) is 2.37. The maximum atomic E-state index is 11.7. The summed E-state index contributed by atoms with van der Waals surface area (Å²) in [5, 5.41) is 9.25. The van der Waals surface area contributed by atoms with Crippen LogP contribution in [-0.4, -0.2) is 36.4 Å². The summed E-state index contributed by atoms with van der Waals surface area (Å²) in [6.07, 6.45) is -2.75. The molecule has 0 bridgehead atoms. The summed E-state index contributed by atoms with van der Waals surface area (Å²) in [6, 6.07) is 0. The van der Waals surface area contributed by atoms with Crippen molar-refractivity contribution in [2.24, 2.45) is 0 Å². The highest BCUT2D eigenvalue weighted by Crippen LogP contribution is 2.43. The normalized spacial score (nSPS) is 20.0. The van der Waals surface area contributed by atoms with Crippen molar-refractivity contribution < 1.29 is 28.9 Å². The van der Waals surface area contributed by atoms with E-state index in [4.69, 9.17) is 9.47 Å². The minimum Gasteiger partial charge on any atom is -0.478 e. The van der Waals surface area contributed by atoms with E-state index >= 15 is 0 Å². The van der Waals surface area contributed by atoms with Crippen LogP contribution in [-0.2, 0) is 14.3 Å². The molecule has 2 rings (SSSR count). The highest BCUT2D eigenvalue weighted by Gasteiger charge is 2.44. The van der Waals surface area contributed by atoms with E-state index in [9.17, 15) is 14.7 Å². The van der Waals surface area contributed by atoms with Crippen LogP contribution >= 0.6 is 0 Å². The molecule has 0 spiro atoms. The van der Waals surface area contributed by atoms with E-state index in [0.29, 0.717) is 11.5 Å². The van der Waals surface area contributed by atoms with Gasteiger partial charge in [-0.2, -0.15) is 0 Å². The molecular weight excluding hydrogens is 276 g/mol. The Labute approximate surface area is 122 Å². The first-order valence-electron chi connectivity index (χ1n) is 6.53. The lowest BCUT2D eigenvalue weighted by molar-refractivity contribution is -0.166. The number of aliphatic carboxylic acids is 1. The largest absolute Gasteiger partial charge is 0.478 e. The Balaban J connectivity index is 2.60. The fourth-order valence-corrected chi connectivity index (χ4v) is 2.37. The molecule has 6 nitrogen and oxygen atoms in total. The molecule has 0 fully saturated rings. The SMILES string of the molecule is COC(=O)C1Oc2c(C)c(C)c(C)c(C)c2OC1C(=O)O. The van der Waals surface area contributed by atoms with Crippen molar-refractivity contribution in [3.8, 4) is 11.5 Å². The van der Waals surface area contributed by atoms with Crippen LogP contribution in [0.2, 0.25) is 0 Å². The minimum atomic E-state index is -1.43. The van der Waals surface area contributed by atoms with Crippen molar-refractivity contribution >= 4 is 11.9 Å². The van der Waals surface area contributed by atoms with Gasteiger partial charge in [-0.05, 0) is 49.9 Å². The van der Waals surface area contributed by atoms with Gasteiger partial charge in [0.25, 0.3) is 0 Å². The molecule has 1 aliphatic rings. The summed E-state index contributed by atoms with van der Waals surface area (Å²) in [6.45, 7) is 7.56. The Hall–Kier alpha value is -2.24. The first-order chi connectivity index (χ1) is 9.79. The van der Waals surface area contributed by atoms with E-state index < -0.39 is 24.1 Å². The molecule has 1 aliphatic heterocycles. The van der Waals surface area contributed by atoms with Crippen molar-refractivity contribution in [2.45, 2.75) is 39.9 Å². The van der Waals surface area contributed by atoms with Gasteiger partial charge in [0.1, 0.15) is 0 Å². The molecule has 0 radical (unpaired) electrons. The van der Waals surface area contributed by atoms with Crippen molar-refractivity contribution in [3.63, 3.8) is 0 Å². The molecule has 1 N–H and O–H groups in total. The standard InChI is InChI=1S/C15H18O6/c1-6-7(2)9(4)11-10(8(6)3)20-12(14(16)17)13(21-11)15(18)19-5/h12-13H,1-5H3,(H,16,17). The molecule has 1 aromatic carbocycles. The summed E-state index contributed by atoms with van der Waals surface area (Å²) < 4.78 is 15.8. The van der Waals surface area contributed by atoms with Gasteiger partial charge in [0.05, 0.1) is 7.11 Å². The summed E-state index contributed by atoms with van der Waals surface area (Å²) in [7, 11) is 1.18. The van der Waals surface area contributed by atoms with Crippen LogP contribution in [0.4, 0.5) is 0 Å². The van der Waals surface area contributed by atoms with Crippen LogP contribution in [0.1, 0.15) is 22.3 Å². The Morgan fingerprint density at radius 1 is 0.905 bits per heavy atom. The average Bonchev–Trinajstić information content (AvgIpc) is 2.48. The lowest BCUT2D eigenvalue weighted by Gasteiger charge is -2.33. The maximum absolute atomic E-state index is 11.7. The highest BCUT2D eigenvalue weighted by molar-refractivity contribution is 5.86. The molecule has 6 heteroatoms. The number of carboxylic acids is 1. The first-order valence-corrected chi connectivity index (χ1v) is 6.53. The Kier molecular flexibility index (Phi) is 3.80. The lowest BCUT2D eigenvalue weighted by atomic mass is 9.96. The Bertz CT molecular complexity index is 619. The summed E-state index contributed by atoms with van der Waals surface area (Å²) in [4.78, 5) is 23.1. The van der Waals surface area contributed by atoms with Crippen molar-refractivity contribution in [1.82, 2.24) is 0 Å². The number of rotatable bonds is 2. The predicted octanol–water partition coefficient (Wildman–Crippen LogP) is 1.69. The third kappa shape index (κ3) is 2.30. The Morgan fingerprint density at radius 3 is 1.71 bits per heavy atom. The van der Waals surface area contributed by atoms with Crippen LogP contribution in [0.5, 0.6) is 11.5 Å². The second kappa shape index (κ2) is 5.27.